The number of rotatable bonds is 8. The predicted octanol–water partition coefficient (Wildman–Crippen LogP) is 5.30. The Kier molecular flexibility index (Phi) is 7.02. The Morgan fingerprint density at radius 1 is 0.974 bits per heavy atom. The number of benzene rings is 2. The van der Waals surface area contributed by atoms with Crippen LogP contribution in [0.1, 0.15) is 46.7 Å². The van der Waals surface area contributed by atoms with E-state index in [4.69, 9.17) is 9.52 Å². The van der Waals surface area contributed by atoms with Gasteiger partial charge in [-0.1, -0.05) is 24.3 Å². The van der Waals surface area contributed by atoms with E-state index in [0.717, 1.165) is 61.7 Å². The fourth-order valence-corrected chi connectivity index (χ4v) is 6.51. The van der Waals surface area contributed by atoms with Gasteiger partial charge in [0.25, 0.3) is 0 Å². The van der Waals surface area contributed by atoms with Gasteiger partial charge in [-0.3, -0.25) is 14.5 Å². The molecule has 4 aromatic rings. The fourth-order valence-electron chi connectivity index (χ4n) is 6.51. The highest BCUT2D eigenvalue weighted by atomic mass is 16.3. The number of nitriles is 2. The summed E-state index contributed by atoms with van der Waals surface area (Å²) >= 11 is 0. The van der Waals surface area contributed by atoms with E-state index >= 15 is 0 Å². The van der Waals surface area contributed by atoms with Crippen LogP contribution in [-0.2, 0) is 20.1 Å². The van der Waals surface area contributed by atoms with Gasteiger partial charge in [0.2, 0.25) is 0 Å². The van der Waals surface area contributed by atoms with Gasteiger partial charge < -0.3 is 4.42 Å². The molecule has 7 rings (SSSR count). The van der Waals surface area contributed by atoms with E-state index in [1.54, 1.807) is 6.26 Å². The second-order valence-electron chi connectivity index (χ2n) is 10.9. The van der Waals surface area contributed by atoms with E-state index in [1.807, 2.05) is 60.3 Å². The Balaban J connectivity index is 1.20. The molecule has 39 heavy (non-hydrogen) atoms. The largest absolute Gasteiger partial charge is 0.463 e. The number of aromatic nitrogens is 2. The SMILES string of the molecule is Cn1nc(-c2ccco2)cc1[C@H]1CN2CC[C@H]1C[C@@H]2CN(Cc1cccc(C#N)c1)Cc1cccc(C#N)c1. The molecule has 5 heterocycles. The average Bonchev–Trinajstić information content (AvgIpc) is 3.64. The van der Waals surface area contributed by atoms with Crippen LogP contribution < -0.4 is 0 Å². The van der Waals surface area contributed by atoms with Gasteiger partial charge in [-0.2, -0.15) is 15.6 Å². The maximum absolute atomic E-state index is 9.40. The summed E-state index contributed by atoms with van der Waals surface area (Å²) in [6.45, 7) is 4.63. The molecule has 0 radical (unpaired) electrons. The van der Waals surface area contributed by atoms with Crippen molar-refractivity contribution >= 4 is 0 Å². The van der Waals surface area contributed by atoms with E-state index in [-0.39, 0.29) is 0 Å². The zero-order valence-corrected chi connectivity index (χ0v) is 22.2. The van der Waals surface area contributed by atoms with Gasteiger partial charge in [-0.25, -0.2) is 0 Å². The molecule has 7 nitrogen and oxygen atoms in total. The molecule has 0 amide bonds. The first-order chi connectivity index (χ1) is 19.1. The van der Waals surface area contributed by atoms with Crippen molar-refractivity contribution in [3.8, 4) is 23.6 Å². The number of furan rings is 1. The Morgan fingerprint density at radius 2 is 1.69 bits per heavy atom. The Bertz CT molecular complexity index is 1470. The quantitative estimate of drug-likeness (QED) is 0.316. The molecule has 2 aromatic heterocycles. The standard InChI is InChI=1S/C32H32N6O/c1-36-31(16-30(35-36)32-9-4-12-39-32)29-22-38-11-10-27(29)15-28(38)21-37(19-25-7-2-5-23(13-25)17-33)20-26-8-3-6-24(14-26)18-34/h2-9,12-14,16,27-29H,10-11,15,19-22H2,1H3/t27-,28+,29-/m0/s1. The number of piperidine rings is 3. The summed E-state index contributed by atoms with van der Waals surface area (Å²) in [4.78, 5) is 5.14. The van der Waals surface area contributed by atoms with Gasteiger partial charge in [0.15, 0.2) is 5.76 Å². The van der Waals surface area contributed by atoms with Gasteiger partial charge in [0, 0.05) is 50.9 Å². The van der Waals surface area contributed by atoms with Crippen LogP contribution in [0.2, 0.25) is 0 Å². The van der Waals surface area contributed by atoms with Crippen LogP contribution >= 0.6 is 0 Å². The molecule has 4 atom stereocenters. The van der Waals surface area contributed by atoms with Crippen molar-refractivity contribution in [3.63, 3.8) is 0 Å². The first kappa shape index (κ1) is 25.1. The van der Waals surface area contributed by atoms with Crippen molar-refractivity contribution in [2.75, 3.05) is 19.6 Å². The van der Waals surface area contributed by atoms with Crippen LogP contribution in [0, 0.1) is 28.6 Å². The Hall–Kier alpha value is -4.17. The molecule has 3 saturated heterocycles. The molecule has 3 aliphatic heterocycles. The number of aryl methyl sites for hydroxylation is 1. The third kappa shape index (κ3) is 5.38. The van der Waals surface area contributed by atoms with Crippen LogP contribution in [-0.4, -0.2) is 45.3 Å². The maximum Gasteiger partial charge on any atom is 0.154 e. The first-order valence-electron chi connectivity index (χ1n) is 13.6. The van der Waals surface area contributed by atoms with Crippen LogP contribution in [0.4, 0.5) is 0 Å². The summed E-state index contributed by atoms with van der Waals surface area (Å²) in [6.07, 6.45) is 4.05. The van der Waals surface area contributed by atoms with E-state index in [9.17, 15) is 10.5 Å². The van der Waals surface area contributed by atoms with Gasteiger partial charge in [-0.05, 0) is 78.9 Å². The van der Waals surface area contributed by atoms with Crippen LogP contribution in [0.3, 0.4) is 0 Å². The number of fused-ring (bicyclic) bond motifs is 3. The second kappa shape index (κ2) is 10.9. The summed E-state index contributed by atoms with van der Waals surface area (Å²) in [7, 11) is 2.04. The molecule has 3 fully saturated rings. The molecule has 0 N–H and O–H groups in total. The lowest BCUT2D eigenvalue weighted by molar-refractivity contribution is 0.00763. The highest BCUT2D eigenvalue weighted by Gasteiger charge is 2.42. The van der Waals surface area contributed by atoms with Crippen molar-refractivity contribution in [2.45, 2.75) is 37.9 Å². The Labute approximate surface area is 229 Å². The topological polar surface area (TPSA) is 85.0 Å². The van der Waals surface area contributed by atoms with Crippen molar-refractivity contribution in [1.82, 2.24) is 19.6 Å². The smallest absolute Gasteiger partial charge is 0.154 e. The summed E-state index contributed by atoms with van der Waals surface area (Å²) in [6, 6.07) is 26.9. The second-order valence-corrected chi connectivity index (χ2v) is 10.9. The summed E-state index contributed by atoms with van der Waals surface area (Å²) in [5.74, 6) is 1.89. The molecule has 2 bridgehead atoms. The lowest BCUT2D eigenvalue weighted by Crippen LogP contribution is -2.56. The van der Waals surface area contributed by atoms with Crippen molar-refractivity contribution in [2.24, 2.45) is 13.0 Å². The molecule has 1 unspecified atom stereocenters. The highest BCUT2D eigenvalue weighted by Crippen LogP contribution is 2.42. The third-order valence-corrected chi connectivity index (χ3v) is 8.34. The molecule has 2 aromatic carbocycles. The maximum atomic E-state index is 9.40. The Morgan fingerprint density at radius 3 is 2.28 bits per heavy atom. The van der Waals surface area contributed by atoms with Crippen molar-refractivity contribution in [1.29, 1.82) is 10.5 Å². The minimum Gasteiger partial charge on any atom is -0.463 e. The molecule has 0 aliphatic carbocycles. The van der Waals surface area contributed by atoms with Crippen LogP contribution in [0.15, 0.2) is 77.4 Å². The highest BCUT2D eigenvalue weighted by molar-refractivity contribution is 5.52. The molecule has 196 valence electrons. The number of hydrogen-bond donors (Lipinski definition) is 0. The van der Waals surface area contributed by atoms with E-state index < -0.39 is 0 Å². The van der Waals surface area contributed by atoms with E-state index in [2.05, 4.69) is 40.1 Å². The van der Waals surface area contributed by atoms with E-state index in [0.29, 0.717) is 29.0 Å². The molecule has 0 saturated carbocycles. The van der Waals surface area contributed by atoms with Crippen molar-refractivity contribution in [3.05, 3.63) is 101 Å². The summed E-state index contributed by atoms with van der Waals surface area (Å²) < 4.78 is 7.64. The first-order valence-corrected chi connectivity index (χ1v) is 13.6. The van der Waals surface area contributed by atoms with E-state index in [1.165, 1.54) is 12.1 Å². The zero-order chi connectivity index (χ0) is 26.8. The number of hydrogen-bond acceptors (Lipinski definition) is 6. The number of nitrogens with zero attached hydrogens (tertiary/aromatic N) is 6. The van der Waals surface area contributed by atoms with Gasteiger partial charge in [0.1, 0.15) is 5.69 Å². The molecular weight excluding hydrogens is 484 g/mol. The molecule has 7 heteroatoms. The monoisotopic (exact) mass is 516 g/mol. The van der Waals surface area contributed by atoms with Crippen LogP contribution in [0.5, 0.6) is 0 Å². The molecular formula is C32H32N6O. The molecule has 0 spiro atoms. The lowest BCUT2D eigenvalue weighted by atomic mass is 9.74. The van der Waals surface area contributed by atoms with Gasteiger partial charge in [-0.15, -0.1) is 0 Å². The normalized spacial score (nSPS) is 22.1. The van der Waals surface area contributed by atoms with Gasteiger partial charge in [0.05, 0.1) is 29.5 Å². The van der Waals surface area contributed by atoms with Gasteiger partial charge >= 0.3 is 0 Å². The van der Waals surface area contributed by atoms with Crippen LogP contribution in [0.25, 0.3) is 11.5 Å². The minimum absolute atomic E-state index is 0.462. The summed E-state index contributed by atoms with van der Waals surface area (Å²) in [5.41, 5.74) is 5.84. The fraction of sp³-hybridized carbons (Fsp3) is 0.344. The predicted molar refractivity (Wildman–Crippen MR) is 148 cm³/mol. The molecule has 3 aliphatic rings. The third-order valence-electron chi connectivity index (χ3n) is 8.34. The average molecular weight is 517 g/mol. The lowest BCUT2D eigenvalue weighted by Gasteiger charge is -2.51. The zero-order valence-electron chi connectivity index (χ0n) is 22.2. The van der Waals surface area contributed by atoms with Crippen molar-refractivity contribution < 1.29 is 4.42 Å². The minimum atomic E-state index is 0.462. The summed E-state index contributed by atoms with van der Waals surface area (Å²) in [5, 5.41) is 23.6.